The van der Waals surface area contributed by atoms with Gasteiger partial charge in [0.25, 0.3) is 0 Å². The average molecular weight is 299 g/mol. The molecule has 0 spiro atoms. The smallest absolute Gasteiger partial charge is 0.410 e. The molecular formula is C14H16ClFN2O2. The number of hydrogen-bond donors (Lipinski definition) is 0. The largest absolute Gasteiger partial charge is 0.447 e. The highest BCUT2D eigenvalue weighted by Crippen LogP contribution is 2.25. The molecule has 2 heterocycles. The highest BCUT2D eigenvalue weighted by Gasteiger charge is 2.37. The number of ether oxygens (including phenoxy) is 1. The zero-order chi connectivity index (χ0) is 14.3. The Bertz CT molecular complexity index is 552. The van der Waals surface area contributed by atoms with Crippen molar-refractivity contribution in [3.05, 3.63) is 34.1 Å². The number of amides is 1. The fourth-order valence-electron chi connectivity index (χ4n) is 2.78. The van der Waals surface area contributed by atoms with Crippen molar-refractivity contribution < 1.29 is 13.9 Å². The van der Waals surface area contributed by atoms with E-state index in [1.54, 1.807) is 24.0 Å². The van der Waals surface area contributed by atoms with Crippen molar-refractivity contribution in [1.29, 1.82) is 0 Å². The molecule has 1 aromatic carbocycles. The molecule has 0 aliphatic carbocycles. The van der Waals surface area contributed by atoms with Gasteiger partial charge < -0.3 is 4.74 Å². The van der Waals surface area contributed by atoms with E-state index in [2.05, 4.69) is 4.90 Å². The van der Waals surface area contributed by atoms with E-state index in [-0.39, 0.29) is 18.0 Å². The van der Waals surface area contributed by atoms with Crippen LogP contribution in [0.3, 0.4) is 0 Å². The van der Waals surface area contributed by atoms with E-state index in [9.17, 15) is 9.18 Å². The Morgan fingerprint density at radius 3 is 3.05 bits per heavy atom. The lowest BCUT2D eigenvalue weighted by molar-refractivity contribution is 0.114. The Hall–Kier alpha value is -1.33. The predicted molar refractivity (Wildman–Crippen MR) is 73.3 cm³/mol. The lowest BCUT2D eigenvalue weighted by atomic mass is 10.1. The molecule has 0 saturated carbocycles. The van der Waals surface area contributed by atoms with Crippen LogP contribution in [0.1, 0.15) is 11.1 Å². The van der Waals surface area contributed by atoms with E-state index in [0.717, 1.165) is 0 Å². The third-order valence-electron chi connectivity index (χ3n) is 3.96. The van der Waals surface area contributed by atoms with Crippen molar-refractivity contribution in [2.45, 2.75) is 19.5 Å². The van der Waals surface area contributed by atoms with Crippen LogP contribution in [-0.4, -0.2) is 48.2 Å². The van der Waals surface area contributed by atoms with Gasteiger partial charge in [-0.3, -0.25) is 9.80 Å². The summed E-state index contributed by atoms with van der Waals surface area (Å²) in [4.78, 5) is 15.3. The van der Waals surface area contributed by atoms with Crippen molar-refractivity contribution in [3.63, 3.8) is 0 Å². The molecule has 2 fully saturated rings. The maximum Gasteiger partial charge on any atom is 0.410 e. The van der Waals surface area contributed by atoms with Crippen molar-refractivity contribution in [1.82, 2.24) is 9.80 Å². The summed E-state index contributed by atoms with van der Waals surface area (Å²) in [5, 5.41) is 0.453. The van der Waals surface area contributed by atoms with Crippen LogP contribution < -0.4 is 0 Å². The number of halogens is 2. The van der Waals surface area contributed by atoms with Crippen LogP contribution >= 0.6 is 11.6 Å². The second-order valence-electron chi connectivity index (χ2n) is 5.32. The normalized spacial score (nSPS) is 22.9. The SMILES string of the molecule is Cc1ccc(Cl)c(CN2CCN3C(=O)OC[C@H]3C2)c1F. The predicted octanol–water partition coefficient (Wildman–Crippen LogP) is 2.42. The van der Waals surface area contributed by atoms with Gasteiger partial charge in [0.1, 0.15) is 12.4 Å². The summed E-state index contributed by atoms with van der Waals surface area (Å²) in [6.07, 6.45) is -0.241. The van der Waals surface area contributed by atoms with Gasteiger partial charge in [0.05, 0.1) is 6.04 Å². The number of carbonyl (C=O) groups excluding carboxylic acids is 1. The van der Waals surface area contributed by atoms with Crippen molar-refractivity contribution in [2.24, 2.45) is 0 Å². The highest BCUT2D eigenvalue weighted by atomic mass is 35.5. The number of benzene rings is 1. The Morgan fingerprint density at radius 1 is 1.45 bits per heavy atom. The third kappa shape index (κ3) is 2.36. The molecule has 0 radical (unpaired) electrons. The molecular weight excluding hydrogens is 283 g/mol. The van der Waals surface area contributed by atoms with Gasteiger partial charge in [-0.05, 0) is 18.6 Å². The molecule has 6 heteroatoms. The lowest BCUT2D eigenvalue weighted by Gasteiger charge is -2.35. The molecule has 4 nitrogen and oxygen atoms in total. The van der Waals surface area contributed by atoms with Crippen LogP contribution in [0.25, 0.3) is 0 Å². The third-order valence-corrected chi connectivity index (χ3v) is 4.32. The van der Waals surface area contributed by atoms with E-state index in [4.69, 9.17) is 16.3 Å². The van der Waals surface area contributed by atoms with Crippen LogP contribution in [0.2, 0.25) is 5.02 Å². The number of fused-ring (bicyclic) bond motifs is 1. The average Bonchev–Trinajstić information content (AvgIpc) is 2.80. The van der Waals surface area contributed by atoms with Crippen LogP contribution in [0.4, 0.5) is 9.18 Å². The fraction of sp³-hybridized carbons (Fsp3) is 0.500. The topological polar surface area (TPSA) is 32.8 Å². The molecule has 0 bridgehead atoms. The molecule has 0 aromatic heterocycles. The maximum atomic E-state index is 14.1. The Balaban J connectivity index is 1.73. The molecule has 2 saturated heterocycles. The highest BCUT2D eigenvalue weighted by molar-refractivity contribution is 6.31. The van der Waals surface area contributed by atoms with Crippen molar-refractivity contribution in [3.8, 4) is 0 Å². The number of hydrogen-bond acceptors (Lipinski definition) is 3. The van der Waals surface area contributed by atoms with Gasteiger partial charge >= 0.3 is 6.09 Å². The summed E-state index contributed by atoms with van der Waals surface area (Å²) in [5.41, 5.74) is 1.13. The van der Waals surface area contributed by atoms with Crippen molar-refractivity contribution in [2.75, 3.05) is 26.2 Å². The number of piperazine rings is 1. The number of cyclic esters (lactones) is 1. The number of rotatable bonds is 2. The van der Waals surface area contributed by atoms with Crippen LogP contribution in [-0.2, 0) is 11.3 Å². The van der Waals surface area contributed by atoms with E-state index in [0.29, 0.717) is 48.9 Å². The molecule has 1 aromatic rings. The van der Waals surface area contributed by atoms with E-state index in [1.807, 2.05) is 0 Å². The minimum atomic E-state index is -0.241. The molecule has 0 unspecified atom stereocenters. The van der Waals surface area contributed by atoms with Gasteiger partial charge in [-0.1, -0.05) is 17.7 Å². The zero-order valence-electron chi connectivity index (χ0n) is 11.2. The van der Waals surface area contributed by atoms with Crippen molar-refractivity contribution >= 4 is 17.7 Å². The first-order valence-corrected chi connectivity index (χ1v) is 7.03. The molecule has 3 rings (SSSR count). The summed E-state index contributed by atoms with van der Waals surface area (Å²) < 4.78 is 19.2. The first-order chi connectivity index (χ1) is 9.56. The summed E-state index contributed by atoms with van der Waals surface area (Å²) >= 11 is 6.10. The van der Waals surface area contributed by atoms with Gasteiger partial charge in [0.2, 0.25) is 0 Å². The molecule has 2 aliphatic rings. The quantitative estimate of drug-likeness (QED) is 0.841. The monoisotopic (exact) mass is 298 g/mol. The van der Waals surface area contributed by atoms with E-state index >= 15 is 0 Å². The van der Waals surface area contributed by atoms with Gasteiger partial charge in [0.15, 0.2) is 0 Å². The van der Waals surface area contributed by atoms with Crippen LogP contribution in [0.15, 0.2) is 12.1 Å². The molecule has 2 aliphatic heterocycles. The number of aryl methyl sites for hydroxylation is 1. The first kappa shape index (κ1) is 13.6. The second kappa shape index (κ2) is 5.22. The first-order valence-electron chi connectivity index (χ1n) is 6.65. The Kier molecular flexibility index (Phi) is 3.56. The summed E-state index contributed by atoms with van der Waals surface area (Å²) in [6.45, 7) is 4.63. The van der Waals surface area contributed by atoms with Gasteiger partial charge in [0, 0.05) is 36.8 Å². The van der Waals surface area contributed by atoms with Crippen LogP contribution in [0, 0.1) is 12.7 Å². The minimum Gasteiger partial charge on any atom is -0.447 e. The molecule has 1 amide bonds. The molecule has 108 valence electrons. The lowest BCUT2D eigenvalue weighted by Crippen LogP contribution is -2.51. The maximum absolute atomic E-state index is 14.1. The second-order valence-corrected chi connectivity index (χ2v) is 5.72. The zero-order valence-corrected chi connectivity index (χ0v) is 12.0. The Morgan fingerprint density at radius 2 is 2.25 bits per heavy atom. The number of nitrogens with zero attached hydrogens (tertiary/aromatic N) is 2. The van der Waals surface area contributed by atoms with Crippen LogP contribution in [0.5, 0.6) is 0 Å². The van der Waals surface area contributed by atoms with Gasteiger partial charge in [-0.2, -0.15) is 0 Å². The minimum absolute atomic E-state index is 0.0721. The van der Waals surface area contributed by atoms with Gasteiger partial charge in [-0.25, -0.2) is 9.18 Å². The van der Waals surface area contributed by atoms with E-state index < -0.39 is 0 Å². The van der Waals surface area contributed by atoms with Gasteiger partial charge in [-0.15, -0.1) is 0 Å². The summed E-state index contributed by atoms with van der Waals surface area (Å²) in [6, 6.07) is 3.49. The molecule has 1 atom stereocenters. The summed E-state index contributed by atoms with van der Waals surface area (Å²) in [5.74, 6) is -0.237. The standard InChI is InChI=1S/C14H16ClFN2O2/c1-9-2-3-12(15)11(13(9)16)7-17-4-5-18-10(6-17)8-20-14(18)19/h2-3,10H,4-8H2,1H3/t10-/m1/s1. The number of carbonyl (C=O) groups is 1. The summed E-state index contributed by atoms with van der Waals surface area (Å²) in [7, 11) is 0. The molecule has 0 N–H and O–H groups in total. The van der Waals surface area contributed by atoms with E-state index in [1.165, 1.54) is 0 Å². The fourth-order valence-corrected chi connectivity index (χ4v) is 2.99. The Labute approximate surface area is 122 Å². The molecule has 20 heavy (non-hydrogen) atoms.